The van der Waals surface area contributed by atoms with Crippen LogP contribution in [-0.4, -0.2) is 43.0 Å². The largest absolute Gasteiger partial charge is 0.497 e. The van der Waals surface area contributed by atoms with Crippen LogP contribution in [0.1, 0.15) is 25.3 Å². The number of methoxy groups -OCH3 is 1. The summed E-state index contributed by atoms with van der Waals surface area (Å²) in [5.74, 6) is 0.478. The van der Waals surface area contributed by atoms with E-state index in [1.165, 1.54) is 0 Å². The van der Waals surface area contributed by atoms with Gasteiger partial charge in [-0.1, -0.05) is 12.1 Å². The fourth-order valence-electron chi connectivity index (χ4n) is 2.62. The van der Waals surface area contributed by atoms with Gasteiger partial charge in [-0.05, 0) is 31.0 Å². The summed E-state index contributed by atoms with van der Waals surface area (Å²) in [6.45, 7) is 3.45. The molecule has 1 fully saturated rings. The fourth-order valence-corrected chi connectivity index (χ4v) is 2.62. The monoisotopic (exact) mass is 355 g/mol. The summed E-state index contributed by atoms with van der Waals surface area (Å²) in [5.41, 5.74) is 6.69. The average molecular weight is 356 g/mol. The molecule has 0 saturated carbocycles. The van der Waals surface area contributed by atoms with Gasteiger partial charge in [0.2, 0.25) is 11.8 Å². The van der Waals surface area contributed by atoms with E-state index in [9.17, 15) is 9.59 Å². The highest BCUT2D eigenvalue weighted by Gasteiger charge is 2.33. The standard InChI is InChI=1S/C17H25N3O3.ClH/c1-12(18)7-8-19-17(22)14-9-16(21)20(11-14)10-13-3-5-15(23-2)6-4-13;/h3-6,12,14H,7-11,18H2,1-2H3,(H,19,22);1H. The van der Waals surface area contributed by atoms with E-state index in [1.54, 1.807) is 12.0 Å². The van der Waals surface area contributed by atoms with Crippen LogP contribution in [0.2, 0.25) is 0 Å². The Hall–Kier alpha value is -1.79. The second kappa shape index (κ2) is 9.49. The molecule has 2 unspecified atom stereocenters. The molecule has 1 aliphatic heterocycles. The minimum Gasteiger partial charge on any atom is -0.497 e. The van der Waals surface area contributed by atoms with Gasteiger partial charge >= 0.3 is 0 Å². The van der Waals surface area contributed by atoms with Crippen molar-refractivity contribution in [2.45, 2.75) is 32.4 Å². The van der Waals surface area contributed by atoms with E-state index in [0.29, 0.717) is 19.6 Å². The van der Waals surface area contributed by atoms with Crippen molar-refractivity contribution in [1.29, 1.82) is 0 Å². The molecule has 0 aliphatic carbocycles. The van der Waals surface area contributed by atoms with Gasteiger partial charge < -0.3 is 20.7 Å². The first kappa shape index (κ1) is 20.3. The lowest BCUT2D eigenvalue weighted by Crippen LogP contribution is -2.35. The first-order valence-electron chi connectivity index (χ1n) is 7.93. The molecule has 6 nitrogen and oxygen atoms in total. The van der Waals surface area contributed by atoms with Crippen LogP contribution in [0.5, 0.6) is 5.75 Å². The maximum Gasteiger partial charge on any atom is 0.225 e. The molecule has 24 heavy (non-hydrogen) atoms. The van der Waals surface area contributed by atoms with Crippen molar-refractivity contribution in [2.24, 2.45) is 11.7 Å². The Morgan fingerprint density at radius 3 is 2.67 bits per heavy atom. The van der Waals surface area contributed by atoms with Crippen molar-refractivity contribution in [3.8, 4) is 5.75 Å². The smallest absolute Gasteiger partial charge is 0.225 e. The minimum atomic E-state index is -0.270. The summed E-state index contributed by atoms with van der Waals surface area (Å²) in [4.78, 5) is 25.9. The normalized spacial score (nSPS) is 18.0. The molecule has 0 radical (unpaired) electrons. The number of hydrogen-bond acceptors (Lipinski definition) is 4. The lowest BCUT2D eigenvalue weighted by atomic mass is 10.1. The molecule has 0 bridgehead atoms. The molecular formula is C17H26ClN3O3. The fraction of sp³-hybridized carbons (Fsp3) is 0.529. The Morgan fingerprint density at radius 1 is 1.42 bits per heavy atom. The minimum absolute atomic E-state index is 0. The van der Waals surface area contributed by atoms with Crippen molar-refractivity contribution in [1.82, 2.24) is 10.2 Å². The van der Waals surface area contributed by atoms with Gasteiger partial charge in [0.25, 0.3) is 0 Å². The molecular weight excluding hydrogens is 330 g/mol. The Bertz CT molecular complexity index is 549. The Labute approximate surface area is 149 Å². The maximum absolute atomic E-state index is 12.1. The highest BCUT2D eigenvalue weighted by atomic mass is 35.5. The van der Waals surface area contributed by atoms with Crippen LogP contribution in [-0.2, 0) is 16.1 Å². The first-order chi connectivity index (χ1) is 11.0. The zero-order valence-electron chi connectivity index (χ0n) is 14.2. The molecule has 3 N–H and O–H groups in total. The number of benzene rings is 1. The predicted octanol–water partition coefficient (Wildman–Crippen LogP) is 1.32. The van der Waals surface area contributed by atoms with Crippen molar-refractivity contribution in [3.63, 3.8) is 0 Å². The summed E-state index contributed by atoms with van der Waals surface area (Å²) < 4.78 is 5.12. The number of carbonyl (C=O) groups is 2. The van der Waals surface area contributed by atoms with E-state index in [1.807, 2.05) is 31.2 Å². The lowest BCUT2D eigenvalue weighted by Gasteiger charge is -2.17. The third-order valence-corrected chi connectivity index (χ3v) is 4.02. The summed E-state index contributed by atoms with van der Waals surface area (Å²) in [5, 5.41) is 2.86. The number of nitrogens with two attached hydrogens (primary N) is 1. The Kier molecular flexibility index (Phi) is 8.01. The summed E-state index contributed by atoms with van der Waals surface area (Å²) in [6.07, 6.45) is 1.02. The quantitative estimate of drug-likeness (QED) is 0.772. The lowest BCUT2D eigenvalue weighted by molar-refractivity contribution is -0.129. The molecule has 0 spiro atoms. The van der Waals surface area contributed by atoms with E-state index in [-0.39, 0.29) is 42.6 Å². The molecule has 2 rings (SSSR count). The Balaban J connectivity index is 0.00000288. The maximum atomic E-state index is 12.1. The molecule has 1 aromatic carbocycles. The average Bonchev–Trinajstić information content (AvgIpc) is 2.89. The molecule has 1 aliphatic rings. The van der Waals surface area contributed by atoms with Gasteiger partial charge in [-0.25, -0.2) is 0 Å². The number of halogens is 1. The highest BCUT2D eigenvalue weighted by Crippen LogP contribution is 2.21. The van der Waals surface area contributed by atoms with Crippen LogP contribution < -0.4 is 15.8 Å². The topological polar surface area (TPSA) is 84.7 Å². The number of ether oxygens (including phenoxy) is 1. The molecule has 1 aromatic rings. The van der Waals surface area contributed by atoms with E-state index in [4.69, 9.17) is 10.5 Å². The highest BCUT2D eigenvalue weighted by molar-refractivity contribution is 5.89. The van der Waals surface area contributed by atoms with Gasteiger partial charge in [0.1, 0.15) is 5.75 Å². The van der Waals surface area contributed by atoms with Crippen LogP contribution in [0, 0.1) is 5.92 Å². The van der Waals surface area contributed by atoms with E-state index < -0.39 is 0 Å². The van der Waals surface area contributed by atoms with Crippen molar-refractivity contribution in [3.05, 3.63) is 29.8 Å². The number of carbonyl (C=O) groups excluding carboxylic acids is 2. The third kappa shape index (κ3) is 5.69. The number of nitrogens with zero attached hydrogens (tertiary/aromatic N) is 1. The molecule has 2 atom stereocenters. The molecule has 1 heterocycles. The third-order valence-electron chi connectivity index (χ3n) is 4.02. The molecule has 2 amide bonds. The second-order valence-corrected chi connectivity index (χ2v) is 6.08. The predicted molar refractivity (Wildman–Crippen MR) is 95.0 cm³/mol. The van der Waals surface area contributed by atoms with Crippen LogP contribution in [0.4, 0.5) is 0 Å². The van der Waals surface area contributed by atoms with Gasteiger partial charge in [0.15, 0.2) is 0 Å². The van der Waals surface area contributed by atoms with Gasteiger partial charge in [-0.2, -0.15) is 0 Å². The van der Waals surface area contributed by atoms with E-state index in [0.717, 1.165) is 17.7 Å². The summed E-state index contributed by atoms with van der Waals surface area (Å²) >= 11 is 0. The number of rotatable bonds is 7. The Morgan fingerprint density at radius 2 is 2.08 bits per heavy atom. The summed E-state index contributed by atoms with van der Waals surface area (Å²) in [7, 11) is 1.62. The van der Waals surface area contributed by atoms with Gasteiger partial charge in [-0.15, -0.1) is 12.4 Å². The van der Waals surface area contributed by atoms with Crippen molar-refractivity contribution >= 4 is 24.2 Å². The van der Waals surface area contributed by atoms with Crippen LogP contribution in [0.3, 0.4) is 0 Å². The van der Waals surface area contributed by atoms with E-state index >= 15 is 0 Å². The first-order valence-corrected chi connectivity index (χ1v) is 7.93. The molecule has 0 aromatic heterocycles. The zero-order chi connectivity index (χ0) is 16.8. The summed E-state index contributed by atoms with van der Waals surface area (Å²) in [6, 6.07) is 7.67. The number of hydrogen-bond donors (Lipinski definition) is 2. The van der Waals surface area contributed by atoms with Crippen LogP contribution in [0.25, 0.3) is 0 Å². The van der Waals surface area contributed by atoms with Crippen molar-refractivity contribution < 1.29 is 14.3 Å². The number of nitrogens with one attached hydrogen (secondary N) is 1. The van der Waals surface area contributed by atoms with Gasteiger partial charge in [-0.3, -0.25) is 9.59 Å². The molecule has 134 valence electrons. The number of amides is 2. The van der Waals surface area contributed by atoms with Crippen molar-refractivity contribution in [2.75, 3.05) is 20.2 Å². The van der Waals surface area contributed by atoms with Gasteiger partial charge in [0, 0.05) is 32.1 Å². The SMILES string of the molecule is COc1ccc(CN2CC(C(=O)NCCC(C)N)CC2=O)cc1.Cl. The molecule has 1 saturated heterocycles. The number of likely N-dealkylation sites (tertiary alicyclic amines) is 1. The van der Waals surface area contributed by atoms with E-state index in [2.05, 4.69) is 5.32 Å². The van der Waals surface area contributed by atoms with Crippen LogP contribution in [0.15, 0.2) is 24.3 Å². The van der Waals surface area contributed by atoms with Crippen LogP contribution >= 0.6 is 12.4 Å². The second-order valence-electron chi connectivity index (χ2n) is 6.08. The molecule has 7 heteroatoms. The zero-order valence-corrected chi connectivity index (χ0v) is 15.0. The van der Waals surface area contributed by atoms with Gasteiger partial charge in [0.05, 0.1) is 13.0 Å².